The highest BCUT2D eigenvalue weighted by molar-refractivity contribution is 7.89. The standard InChI is InChI=1S/C13H18N2O4S/c1-3-19-11-5-4-9(7-12(11)20(14,17)18)13(16)15-10-6-8(10)2/h4-5,7-8,10H,3,6H2,1-2H3,(H,15,16)(H2,14,17,18). The highest BCUT2D eigenvalue weighted by Crippen LogP contribution is 2.30. The maximum Gasteiger partial charge on any atom is 0.251 e. The molecule has 20 heavy (non-hydrogen) atoms. The molecule has 0 spiro atoms. The third kappa shape index (κ3) is 3.29. The molecule has 0 aromatic heterocycles. The van der Waals surface area contributed by atoms with Crippen LogP contribution >= 0.6 is 0 Å². The lowest BCUT2D eigenvalue weighted by Crippen LogP contribution is -2.27. The third-order valence-electron chi connectivity index (χ3n) is 3.24. The van der Waals surface area contributed by atoms with Crippen LogP contribution in [-0.2, 0) is 10.0 Å². The molecule has 1 amide bonds. The van der Waals surface area contributed by atoms with Gasteiger partial charge in [0.15, 0.2) is 0 Å². The van der Waals surface area contributed by atoms with Crippen molar-refractivity contribution in [3.63, 3.8) is 0 Å². The average molecular weight is 298 g/mol. The van der Waals surface area contributed by atoms with Gasteiger partial charge < -0.3 is 10.1 Å². The lowest BCUT2D eigenvalue weighted by atomic mass is 10.2. The second-order valence-electron chi connectivity index (χ2n) is 4.93. The van der Waals surface area contributed by atoms with Crippen LogP contribution in [0.2, 0.25) is 0 Å². The van der Waals surface area contributed by atoms with Crippen LogP contribution in [0.1, 0.15) is 30.6 Å². The molecule has 1 aliphatic carbocycles. The first-order valence-corrected chi connectivity index (χ1v) is 7.98. The SMILES string of the molecule is CCOc1ccc(C(=O)NC2CC2C)cc1S(N)(=O)=O. The lowest BCUT2D eigenvalue weighted by Gasteiger charge is -2.10. The molecule has 1 saturated carbocycles. The molecule has 1 aromatic carbocycles. The average Bonchev–Trinajstić information content (AvgIpc) is 3.04. The van der Waals surface area contributed by atoms with Gasteiger partial charge in [0, 0.05) is 11.6 Å². The highest BCUT2D eigenvalue weighted by Gasteiger charge is 2.34. The Morgan fingerprint density at radius 1 is 1.50 bits per heavy atom. The fourth-order valence-corrected chi connectivity index (χ4v) is 2.62. The van der Waals surface area contributed by atoms with Gasteiger partial charge in [-0.15, -0.1) is 0 Å². The summed E-state index contributed by atoms with van der Waals surface area (Å²) >= 11 is 0. The Kier molecular flexibility index (Phi) is 4.01. The number of hydrogen-bond donors (Lipinski definition) is 2. The van der Waals surface area contributed by atoms with Crippen LogP contribution in [0.5, 0.6) is 5.75 Å². The van der Waals surface area contributed by atoms with Gasteiger partial charge in [-0.3, -0.25) is 4.79 Å². The number of primary sulfonamides is 1. The Hall–Kier alpha value is -1.60. The first kappa shape index (κ1) is 14.8. The number of benzene rings is 1. The van der Waals surface area contributed by atoms with E-state index in [0.29, 0.717) is 12.5 Å². The predicted octanol–water partition coefficient (Wildman–Crippen LogP) is 0.871. The lowest BCUT2D eigenvalue weighted by molar-refractivity contribution is 0.0949. The van der Waals surface area contributed by atoms with Crippen LogP contribution < -0.4 is 15.2 Å². The van der Waals surface area contributed by atoms with Crippen molar-refractivity contribution in [2.75, 3.05) is 6.61 Å². The van der Waals surface area contributed by atoms with Gasteiger partial charge in [0.25, 0.3) is 5.91 Å². The molecule has 3 N–H and O–H groups in total. The molecule has 0 saturated heterocycles. The Bertz CT molecular complexity index is 627. The molecule has 0 aliphatic heterocycles. The van der Waals surface area contributed by atoms with Gasteiger partial charge in [0.1, 0.15) is 10.6 Å². The van der Waals surface area contributed by atoms with Crippen LogP contribution in [0.15, 0.2) is 23.1 Å². The molecule has 0 bridgehead atoms. The number of hydrogen-bond acceptors (Lipinski definition) is 4. The summed E-state index contributed by atoms with van der Waals surface area (Å²) in [6.07, 6.45) is 0.949. The maximum atomic E-state index is 12.0. The van der Waals surface area contributed by atoms with Gasteiger partial charge in [-0.2, -0.15) is 0 Å². The molecule has 2 unspecified atom stereocenters. The fourth-order valence-electron chi connectivity index (χ4n) is 1.92. The normalized spacial score (nSPS) is 21.4. The zero-order valence-electron chi connectivity index (χ0n) is 11.4. The molecule has 2 atom stereocenters. The molecule has 110 valence electrons. The molecule has 0 heterocycles. The predicted molar refractivity (Wildman–Crippen MR) is 74.0 cm³/mol. The summed E-state index contributed by atoms with van der Waals surface area (Å²) in [6.45, 7) is 4.09. The molecule has 0 radical (unpaired) electrons. The van der Waals surface area contributed by atoms with E-state index < -0.39 is 10.0 Å². The zero-order chi connectivity index (χ0) is 14.9. The van der Waals surface area contributed by atoms with E-state index in [-0.39, 0.29) is 28.2 Å². The summed E-state index contributed by atoms with van der Waals surface area (Å²) in [6, 6.07) is 4.41. The van der Waals surface area contributed by atoms with Crippen molar-refractivity contribution in [3.05, 3.63) is 23.8 Å². The van der Waals surface area contributed by atoms with Crippen molar-refractivity contribution in [2.45, 2.75) is 31.2 Å². The third-order valence-corrected chi connectivity index (χ3v) is 4.17. The molecule has 1 aromatic rings. The first-order chi connectivity index (χ1) is 9.32. The summed E-state index contributed by atoms with van der Waals surface area (Å²) in [7, 11) is -3.94. The molecular formula is C13H18N2O4S. The number of nitrogens with one attached hydrogen (secondary N) is 1. The van der Waals surface area contributed by atoms with Crippen LogP contribution in [0.4, 0.5) is 0 Å². The monoisotopic (exact) mass is 298 g/mol. The van der Waals surface area contributed by atoms with Crippen molar-refractivity contribution in [1.82, 2.24) is 5.32 Å². The van der Waals surface area contributed by atoms with Crippen molar-refractivity contribution >= 4 is 15.9 Å². The van der Waals surface area contributed by atoms with Gasteiger partial charge in [-0.05, 0) is 37.5 Å². The fraction of sp³-hybridized carbons (Fsp3) is 0.462. The van der Waals surface area contributed by atoms with Gasteiger partial charge in [0.05, 0.1) is 6.61 Å². The van der Waals surface area contributed by atoms with E-state index in [4.69, 9.17) is 9.88 Å². The molecule has 1 aliphatic rings. The van der Waals surface area contributed by atoms with E-state index >= 15 is 0 Å². The minimum absolute atomic E-state index is 0.159. The molecule has 2 rings (SSSR count). The maximum absolute atomic E-state index is 12.0. The Morgan fingerprint density at radius 2 is 2.15 bits per heavy atom. The number of nitrogens with two attached hydrogens (primary N) is 1. The van der Waals surface area contributed by atoms with Crippen LogP contribution in [0.25, 0.3) is 0 Å². The van der Waals surface area contributed by atoms with Crippen LogP contribution in [0.3, 0.4) is 0 Å². The molecule has 1 fully saturated rings. The topological polar surface area (TPSA) is 98.5 Å². The largest absolute Gasteiger partial charge is 0.492 e. The van der Waals surface area contributed by atoms with Gasteiger partial charge in [-0.1, -0.05) is 6.92 Å². The van der Waals surface area contributed by atoms with Crippen molar-refractivity contribution in [2.24, 2.45) is 11.1 Å². The number of carbonyl (C=O) groups is 1. The van der Waals surface area contributed by atoms with Crippen LogP contribution in [-0.4, -0.2) is 27.0 Å². The number of sulfonamides is 1. The van der Waals surface area contributed by atoms with Crippen molar-refractivity contribution in [1.29, 1.82) is 0 Å². The molecule has 6 nitrogen and oxygen atoms in total. The molecular weight excluding hydrogens is 280 g/mol. The summed E-state index contributed by atoms with van der Waals surface area (Å²) in [4.78, 5) is 11.8. The minimum atomic E-state index is -3.94. The summed E-state index contributed by atoms with van der Waals surface area (Å²) in [5.41, 5.74) is 0.261. The van der Waals surface area contributed by atoms with E-state index in [1.165, 1.54) is 18.2 Å². The highest BCUT2D eigenvalue weighted by atomic mass is 32.2. The van der Waals surface area contributed by atoms with E-state index in [1.54, 1.807) is 6.92 Å². The van der Waals surface area contributed by atoms with E-state index in [9.17, 15) is 13.2 Å². The Morgan fingerprint density at radius 3 is 2.65 bits per heavy atom. The van der Waals surface area contributed by atoms with Crippen molar-refractivity contribution in [3.8, 4) is 5.75 Å². The Labute approximate surface area is 118 Å². The quantitative estimate of drug-likeness (QED) is 0.842. The molecule has 7 heteroatoms. The van der Waals surface area contributed by atoms with E-state index in [2.05, 4.69) is 5.32 Å². The second kappa shape index (κ2) is 5.41. The summed E-state index contributed by atoms with van der Waals surface area (Å²) < 4.78 is 28.3. The number of rotatable bonds is 5. The zero-order valence-corrected chi connectivity index (χ0v) is 12.2. The van der Waals surface area contributed by atoms with E-state index in [1.807, 2.05) is 6.92 Å². The summed E-state index contributed by atoms with van der Waals surface area (Å²) in [5.74, 6) is 0.331. The number of ether oxygens (including phenoxy) is 1. The second-order valence-corrected chi connectivity index (χ2v) is 6.46. The first-order valence-electron chi connectivity index (χ1n) is 6.43. The number of amides is 1. The summed E-state index contributed by atoms with van der Waals surface area (Å²) in [5, 5.41) is 7.99. The van der Waals surface area contributed by atoms with E-state index in [0.717, 1.165) is 6.42 Å². The van der Waals surface area contributed by atoms with Crippen LogP contribution in [0, 0.1) is 5.92 Å². The van der Waals surface area contributed by atoms with Gasteiger partial charge in [0.2, 0.25) is 10.0 Å². The Balaban J connectivity index is 2.29. The van der Waals surface area contributed by atoms with Gasteiger partial charge >= 0.3 is 0 Å². The van der Waals surface area contributed by atoms with Crippen molar-refractivity contribution < 1.29 is 17.9 Å². The minimum Gasteiger partial charge on any atom is -0.492 e. The smallest absolute Gasteiger partial charge is 0.251 e. The number of carbonyl (C=O) groups excluding carboxylic acids is 1. The van der Waals surface area contributed by atoms with Gasteiger partial charge in [-0.25, -0.2) is 13.6 Å².